The second-order valence-corrected chi connectivity index (χ2v) is 3.74. The summed E-state index contributed by atoms with van der Waals surface area (Å²) in [6.45, 7) is 5.27. The Kier molecular flexibility index (Phi) is 2.56. The van der Waals surface area contributed by atoms with Crippen molar-refractivity contribution < 1.29 is 9.53 Å². The Bertz CT molecular complexity index is 381. The Morgan fingerprint density at radius 2 is 2.29 bits per heavy atom. The minimum Gasteiger partial charge on any atom is -0.455 e. The molecule has 1 N–H and O–H groups in total. The van der Waals surface area contributed by atoms with E-state index in [-0.39, 0.29) is 11.4 Å². The molecular formula is C9H11N3O2. The van der Waals surface area contributed by atoms with Crippen LogP contribution in [0.2, 0.25) is 0 Å². The van der Waals surface area contributed by atoms with Crippen LogP contribution in [0.4, 0.5) is 0 Å². The van der Waals surface area contributed by atoms with Gasteiger partial charge in [0.25, 0.3) is 0 Å². The number of aromatic nitrogens is 2. The molecule has 0 aliphatic carbocycles. The summed E-state index contributed by atoms with van der Waals surface area (Å²) in [6.07, 6.45) is 1.29. The van der Waals surface area contributed by atoms with E-state index in [1.54, 1.807) is 26.8 Å². The predicted octanol–water partition coefficient (Wildman–Crippen LogP) is 1.24. The molecule has 0 aliphatic rings. The minimum absolute atomic E-state index is 0.0549. The molecule has 0 saturated carbocycles. The van der Waals surface area contributed by atoms with Crippen molar-refractivity contribution in [1.82, 2.24) is 9.97 Å². The summed E-state index contributed by atoms with van der Waals surface area (Å²) in [6, 6.07) is 1.80. The van der Waals surface area contributed by atoms with Crippen molar-refractivity contribution in [3.63, 3.8) is 0 Å². The number of nitrogens with zero attached hydrogens (tertiary/aromatic N) is 2. The van der Waals surface area contributed by atoms with Gasteiger partial charge in [0.1, 0.15) is 11.7 Å². The molecule has 1 aromatic rings. The summed E-state index contributed by atoms with van der Waals surface area (Å²) in [5.41, 5.74) is -0.420. The molecule has 0 atom stereocenters. The molecule has 0 saturated heterocycles. The van der Waals surface area contributed by atoms with Crippen LogP contribution in [0, 0.1) is 11.3 Å². The SMILES string of the molecule is CC(C)(C)OC(=O)c1[nH]cnc1C#N. The number of hydrogen-bond acceptors (Lipinski definition) is 4. The maximum absolute atomic E-state index is 11.5. The zero-order valence-electron chi connectivity index (χ0n) is 8.29. The summed E-state index contributed by atoms with van der Waals surface area (Å²) < 4.78 is 5.06. The van der Waals surface area contributed by atoms with Gasteiger partial charge >= 0.3 is 5.97 Å². The topological polar surface area (TPSA) is 78.8 Å². The number of ether oxygens (including phenoxy) is 1. The molecule has 0 amide bonds. The van der Waals surface area contributed by atoms with E-state index in [4.69, 9.17) is 10.00 Å². The lowest BCUT2D eigenvalue weighted by atomic mass is 10.2. The van der Waals surface area contributed by atoms with Crippen LogP contribution in [0.5, 0.6) is 0 Å². The smallest absolute Gasteiger partial charge is 0.358 e. The molecule has 5 nitrogen and oxygen atoms in total. The Hall–Kier alpha value is -1.83. The zero-order chi connectivity index (χ0) is 10.8. The molecule has 0 radical (unpaired) electrons. The number of nitrogens with one attached hydrogen (secondary N) is 1. The highest BCUT2D eigenvalue weighted by molar-refractivity contribution is 5.89. The van der Waals surface area contributed by atoms with Gasteiger partial charge in [-0.25, -0.2) is 9.78 Å². The van der Waals surface area contributed by atoms with Gasteiger partial charge in [-0.05, 0) is 20.8 Å². The van der Waals surface area contributed by atoms with Gasteiger partial charge in [0.05, 0.1) is 6.33 Å². The number of rotatable bonds is 1. The van der Waals surface area contributed by atoms with Crippen molar-refractivity contribution in [2.45, 2.75) is 26.4 Å². The Morgan fingerprint density at radius 1 is 1.64 bits per heavy atom. The van der Waals surface area contributed by atoms with Gasteiger partial charge < -0.3 is 9.72 Å². The third-order valence-electron chi connectivity index (χ3n) is 1.35. The molecule has 0 spiro atoms. The molecule has 0 bridgehead atoms. The number of imidazole rings is 1. The first kappa shape index (κ1) is 10.3. The first-order valence-electron chi connectivity index (χ1n) is 4.11. The second-order valence-electron chi connectivity index (χ2n) is 3.74. The fourth-order valence-corrected chi connectivity index (χ4v) is 0.864. The highest BCUT2D eigenvalue weighted by Crippen LogP contribution is 2.12. The Morgan fingerprint density at radius 3 is 2.79 bits per heavy atom. The summed E-state index contributed by atoms with van der Waals surface area (Å²) in [5.74, 6) is -0.563. The van der Waals surface area contributed by atoms with Gasteiger partial charge in [0.2, 0.25) is 0 Å². The molecule has 1 rings (SSSR count). The average molecular weight is 193 g/mol. The Labute approximate surface area is 81.7 Å². The summed E-state index contributed by atoms with van der Waals surface area (Å²) >= 11 is 0. The van der Waals surface area contributed by atoms with E-state index >= 15 is 0 Å². The van der Waals surface area contributed by atoms with E-state index in [9.17, 15) is 4.79 Å². The number of esters is 1. The van der Waals surface area contributed by atoms with Crippen LogP contribution in [0.3, 0.4) is 0 Å². The van der Waals surface area contributed by atoms with Crippen LogP contribution < -0.4 is 0 Å². The maximum Gasteiger partial charge on any atom is 0.358 e. The van der Waals surface area contributed by atoms with Crippen LogP contribution in [0.1, 0.15) is 37.0 Å². The molecule has 14 heavy (non-hydrogen) atoms. The van der Waals surface area contributed by atoms with Crippen molar-refractivity contribution in [2.24, 2.45) is 0 Å². The number of nitriles is 1. The van der Waals surface area contributed by atoms with E-state index in [0.29, 0.717) is 0 Å². The van der Waals surface area contributed by atoms with Crippen LogP contribution in [0.15, 0.2) is 6.33 Å². The van der Waals surface area contributed by atoms with E-state index in [2.05, 4.69) is 9.97 Å². The summed E-state index contributed by atoms with van der Waals surface area (Å²) in [4.78, 5) is 17.7. The normalized spacial score (nSPS) is 10.7. The standard InChI is InChI=1S/C9H11N3O2/c1-9(2,3)14-8(13)7-6(4-10)11-5-12-7/h5H,1-3H3,(H,11,12). The molecule has 74 valence electrons. The summed E-state index contributed by atoms with van der Waals surface area (Å²) in [7, 11) is 0. The van der Waals surface area contributed by atoms with Crippen molar-refractivity contribution in [2.75, 3.05) is 0 Å². The minimum atomic E-state index is -0.574. The van der Waals surface area contributed by atoms with Crippen LogP contribution in [-0.2, 0) is 4.74 Å². The van der Waals surface area contributed by atoms with Gasteiger partial charge in [0, 0.05) is 0 Å². The van der Waals surface area contributed by atoms with Crippen LogP contribution >= 0.6 is 0 Å². The molecule has 1 aromatic heterocycles. The number of carbonyl (C=O) groups excluding carboxylic acids is 1. The number of H-pyrrole nitrogens is 1. The predicted molar refractivity (Wildman–Crippen MR) is 48.5 cm³/mol. The van der Waals surface area contributed by atoms with Crippen molar-refractivity contribution in [3.05, 3.63) is 17.7 Å². The van der Waals surface area contributed by atoms with E-state index in [1.165, 1.54) is 6.33 Å². The molecule has 1 heterocycles. The number of aromatic amines is 1. The highest BCUT2D eigenvalue weighted by atomic mass is 16.6. The molecule has 5 heteroatoms. The van der Waals surface area contributed by atoms with E-state index < -0.39 is 11.6 Å². The number of hydrogen-bond donors (Lipinski definition) is 1. The van der Waals surface area contributed by atoms with Crippen LogP contribution in [0.25, 0.3) is 0 Å². The lowest BCUT2D eigenvalue weighted by Gasteiger charge is -2.18. The third kappa shape index (κ3) is 2.33. The first-order chi connectivity index (χ1) is 6.44. The lowest BCUT2D eigenvalue weighted by Crippen LogP contribution is -2.24. The maximum atomic E-state index is 11.5. The van der Waals surface area contributed by atoms with E-state index in [0.717, 1.165) is 0 Å². The monoisotopic (exact) mass is 193 g/mol. The average Bonchev–Trinajstić information content (AvgIpc) is 2.47. The summed E-state index contributed by atoms with van der Waals surface area (Å²) in [5, 5.41) is 8.61. The van der Waals surface area contributed by atoms with Gasteiger partial charge in [-0.2, -0.15) is 5.26 Å². The number of carbonyl (C=O) groups is 1. The molecule has 0 fully saturated rings. The van der Waals surface area contributed by atoms with Gasteiger partial charge in [0.15, 0.2) is 11.4 Å². The zero-order valence-corrected chi connectivity index (χ0v) is 8.29. The lowest BCUT2D eigenvalue weighted by molar-refractivity contribution is 0.00631. The molecule has 0 unspecified atom stereocenters. The van der Waals surface area contributed by atoms with Crippen molar-refractivity contribution in [3.8, 4) is 6.07 Å². The van der Waals surface area contributed by atoms with Gasteiger partial charge in [-0.15, -0.1) is 0 Å². The molecule has 0 aromatic carbocycles. The largest absolute Gasteiger partial charge is 0.455 e. The molecular weight excluding hydrogens is 182 g/mol. The highest BCUT2D eigenvalue weighted by Gasteiger charge is 2.21. The van der Waals surface area contributed by atoms with Gasteiger partial charge in [-0.3, -0.25) is 0 Å². The quantitative estimate of drug-likeness (QED) is 0.680. The Balaban J connectivity index is 2.86. The first-order valence-corrected chi connectivity index (χ1v) is 4.11. The third-order valence-corrected chi connectivity index (χ3v) is 1.35. The molecule has 0 aliphatic heterocycles. The fourth-order valence-electron chi connectivity index (χ4n) is 0.864. The van der Waals surface area contributed by atoms with Crippen molar-refractivity contribution in [1.29, 1.82) is 5.26 Å². The van der Waals surface area contributed by atoms with Crippen LogP contribution in [-0.4, -0.2) is 21.5 Å². The van der Waals surface area contributed by atoms with E-state index in [1.807, 2.05) is 0 Å². The fraction of sp³-hybridized carbons (Fsp3) is 0.444. The second kappa shape index (κ2) is 3.50. The van der Waals surface area contributed by atoms with Crippen molar-refractivity contribution >= 4 is 5.97 Å². The van der Waals surface area contributed by atoms with Gasteiger partial charge in [-0.1, -0.05) is 0 Å².